The molecule has 1 aliphatic rings. The summed E-state index contributed by atoms with van der Waals surface area (Å²) >= 11 is 0. The van der Waals surface area contributed by atoms with E-state index in [9.17, 15) is 14.4 Å². The number of aldehydes is 1. The van der Waals surface area contributed by atoms with Gasteiger partial charge in [-0.3, -0.25) is 4.79 Å². The number of fused-ring (bicyclic) bond motifs is 3. The molecule has 1 atom stereocenters. The molecule has 0 saturated carbocycles. The van der Waals surface area contributed by atoms with Gasteiger partial charge in [-0.2, -0.15) is 0 Å². The first-order valence-corrected chi connectivity index (χ1v) is 8.16. The van der Waals surface area contributed by atoms with Crippen LogP contribution in [0.2, 0.25) is 0 Å². The number of hydrogen-bond acceptors (Lipinski definition) is 4. The van der Waals surface area contributed by atoms with Crippen LogP contribution in [0.5, 0.6) is 0 Å². The third-order valence-corrected chi connectivity index (χ3v) is 4.32. The molecule has 1 unspecified atom stereocenters. The molecule has 1 amide bonds. The van der Waals surface area contributed by atoms with Gasteiger partial charge in [-0.05, 0) is 29.2 Å². The van der Waals surface area contributed by atoms with Crippen LogP contribution in [0.1, 0.15) is 30.4 Å². The van der Waals surface area contributed by atoms with E-state index in [-0.39, 0.29) is 24.7 Å². The summed E-state index contributed by atoms with van der Waals surface area (Å²) in [4.78, 5) is 34.0. The highest BCUT2D eigenvalue weighted by molar-refractivity contribution is 5.83. The van der Waals surface area contributed by atoms with Gasteiger partial charge in [-0.25, -0.2) is 4.79 Å². The van der Waals surface area contributed by atoms with Crippen LogP contribution in [0, 0.1) is 0 Å². The van der Waals surface area contributed by atoms with Gasteiger partial charge in [0.05, 0.1) is 6.04 Å². The SMILES string of the molecule is CC(=O)CC(C=O)NC(=O)OCC1c2ccccc2-c2ccccc21. The molecule has 1 N–H and O–H groups in total. The molecule has 3 rings (SSSR count). The third-order valence-electron chi connectivity index (χ3n) is 4.32. The Morgan fingerprint density at radius 1 is 1.08 bits per heavy atom. The maximum absolute atomic E-state index is 12.0. The van der Waals surface area contributed by atoms with Crippen molar-refractivity contribution in [3.05, 3.63) is 59.7 Å². The lowest BCUT2D eigenvalue weighted by Crippen LogP contribution is -2.38. The van der Waals surface area contributed by atoms with Gasteiger partial charge in [0.2, 0.25) is 0 Å². The quantitative estimate of drug-likeness (QED) is 0.822. The molecule has 0 radical (unpaired) electrons. The second-order valence-electron chi connectivity index (χ2n) is 6.12. The molecule has 2 aromatic rings. The summed E-state index contributed by atoms with van der Waals surface area (Å²) in [6.45, 7) is 1.54. The number of hydrogen-bond donors (Lipinski definition) is 1. The van der Waals surface area contributed by atoms with Gasteiger partial charge < -0.3 is 14.8 Å². The molecule has 0 spiro atoms. The van der Waals surface area contributed by atoms with Crippen LogP contribution in [0.3, 0.4) is 0 Å². The Hall–Kier alpha value is -2.95. The summed E-state index contributed by atoms with van der Waals surface area (Å²) in [5, 5.41) is 2.42. The normalized spacial score (nSPS) is 13.5. The first-order chi connectivity index (χ1) is 12.1. The van der Waals surface area contributed by atoms with Crippen molar-refractivity contribution < 1.29 is 19.1 Å². The Kier molecular flexibility index (Phi) is 4.93. The lowest BCUT2D eigenvalue weighted by atomic mass is 9.98. The van der Waals surface area contributed by atoms with E-state index < -0.39 is 12.1 Å². The largest absolute Gasteiger partial charge is 0.449 e. The topological polar surface area (TPSA) is 72.5 Å². The summed E-state index contributed by atoms with van der Waals surface area (Å²) in [6.07, 6.45) is -0.184. The van der Waals surface area contributed by atoms with Crippen LogP contribution in [-0.2, 0) is 14.3 Å². The Morgan fingerprint density at radius 3 is 2.16 bits per heavy atom. The monoisotopic (exact) mass is 337 g/mol. The average molecular weight is 337 g/mol. The molecular weight excluding hydrogens is 318 g/mol. The maximum atomic E-state index is 12.0. The van der Waals surface area contributed by atoms with Gasteiger partial charge in [-0.15, -0.1) is 0 Å². The van der Waals surface area contributed by atoms with Crippen molar-refractivity contribution in [3.63, 3.8) is 0 Å². The minimum atomic E-state index is -0.854. The van der Waals surface area contributed by atoms with Crippen molar-refractivity contribution in [2.24, 2.45) is 0 Å². The standard InChI is InChI=1S/C20H19NO4/c1-13(23)10-14(11-22)21-20(24)25-12-19-17-8-4-2-6-15(17)16-7-3-5-9-18(16)19/h2-9,11,14,19H,10,12H2,1H3,(H,21,24). The van der Waals surface area contributed by atoms with Crippen LogP contribution in [0.15, 0.2) is 48.5 Å². The minimum Gasteiger partial charge on any atom is -0.449 e. The van der Waals surface area contributed by atoms with Gasteiger partial charge in [-0.1, -0.05) is 48.5 Å². The molecule has 0 saturated heterocycles. The second kappa shape index (κ2) is 7.30. The van der Waals surface area contributed by atoms with E-state index >= 15 is 0 Å². The summed E-state index contributed by atoms with van der Waals surface area (Å²) in [5.41, 5.74) is 4.53. The zero-order chi connectivity index (χ0) is 17.8. The second-order valence-corrected chi connectivity index (χ2v) is 6.12. The van der Waals surface area contributed by atoms with E-state index in [0.717, 1.165) is 22.3 Å². The van der Waals surface area contributed by atoms with Crippen LogP contribution in [0.25, 0.3) is 11.1 Å². The zero-order valence-corrected chi connectivity index (χ0v) is 13.9. The van der Waals surface area contributed by atoms with Crippen molar-refractivity contribution in [1.29, 1.82) is 0 Å². The first kappa shape index (κ1) is 16.9. The van der Waals surface area contributed by atoms with Crippen LogP contribution >= 0.6 is 0 Å². The average Bonchev–Trinajstić information content (AvgIpc) is 2.93. The number of Topliss-reactive ketones (excluding diaryl/α,β-unsaturated/α-hetero) is 1. The number of alkyl carbamates (subject to hydrolysis) is 1. The van der Waals surface area contributed by atoms with E-state index in [2.05, 4.69) is 17.4 Å². The summed E-state index contributed by atoms with van der Waals surface area (Å²) in [7, 11) is 0. The molecule has 0 bridgehead atoms. The summed E-state index contributed by atoms with van der Waals surface area (Å²) in [6, 6.07) is 15.2. The highest BCUT2D eigenvalue weighted by Crippen LogP contribution is 2.44. The molecular formula is C20H19NO4. The Bertz CT molecular complexity index is 769. The maximum Gasteiger partial charge on any atom is 0.407 e. The minimum absolute atomic E-state index is 0.0340. The molecule has 25 heavy (non-hydrogen) atoms. The van der Waals surface area contributed by atoms with Gasteiger partial charge in [0.1, 0.15) is 18.7 Å². The number of carbonyl (C=O) groups is 3. The molecule has 128 valence electrons. The Labute approximate surface area is 146 Å². The van der Waals surface area contributed by atoms with Crippen LogP contribution < -0.4 is 5.32 Å². The van der Waals surface area contributed by atoms with E-state index in [1.807, 2.05) is 36.4 Å². The summed E-state index contributed by atoms with van der Waals surface area (Å²) < 4.78 is 5.33. The molecule has 2 aromatic carbocycles. The molecule has 0 aliphatic heterocycles. The van der Waals surface area contributed by atoms with Crippen molar-refractivity contribution in [3.8, 4) is 11.1 Å². The van der Waals surface area contributed by atoms with Crippen LogP contribution in [0.4, 0.5) is 4.79 Å². The lowest BCUT2D eigenvalue weighted by Gasteiger charge is -2.16. The number of rotatable bonds is 6. The van der Waals surface area contributed by atoms with Crippen molar-refractivity contribution in [2.75, 3.05) is 6.61 Å². The summed E-state index contributed by atoms with van der Waals surface area (Å²) in [5.74, 6) is -0.211. The van der Waals surface area contributed by atoms with Crippen molar-refractivity contribution in [1.82, 2.24) is 5.32 Å². The van der Waals surface area contributed by atoms with E-state index in [4.69, 9.17) is 4.74 Å². The molecule has 5 heteroatoms. The van der Waals surface area contributed by atoms with Crippen molar-refractivity contribution in [2.45, 2.75) is 25.3 Å². The fraction of sp³-hybridized carbons (Fsp3) is 0.250. The first-order valence-electron chi connectivity index (χ1n) is 8.16. The van der Waals surface area contributed by atoms with Crippen LogP contribution in [-0.4, -0.2) is 30.8 Å². The third kappa shape index (κ3) is 3.60. The number of amides is 1. The Morgan fingerprint density at radius 2 is 1.64 bits per heavy atom. The van der Waals surface area contributed by atoms with Gasteiger partial charge in [0, 0.05) is 12.3 Å². The number of nitrogens with one attached hydrogen (secondary N) is 1. The number of ether oxygens (including phenoxy) is 1. The number of benzene rings is 2. The predicted molar refractivity (Wildman–Crippen MR) is 93.4 cm³/mol. The molecule has 0 fully saturated rings. The van der Waals surface area contributed by atoms with E-state index in [1.54, 1.807) is 0 Å². The zero-order valence-electron chi connectivity index (χ0n) is 13.9. The van der Waals surface area contributed by atoms with Gasteiger partial charge >= 0.3 is 6.09 Å². The highest BCUT2D eigenvalue weighted by Gasteiger charge is 2.29. The lowest BCUT2D eigenvalue weighted by molar-refractivity contribution is -0.119. The predicted octanol–water partition coefficient (Wildman–Crippen LogP) is 3.07. The van der Waals surface area contributed by atoms with Crippen molar-refractivity contribution >= 4 is 18.2 Å². The van der Waals surface area contributed by atoms with Gasteiger partial charge in [0.25, 0.3) is 0 Å². The smallest absolute Gasteiger partial charge is 0.407 e. The van der Waals surface area contributed by atoms with E-state index in [1.165, 1.54) is 6.92 Å². The molecule has 5 nitrogen and oxygen atoms in total. The molecule has 1 aliphatic carbocycles. The Balaban J connectivity index is 1.70. The molecule has 0 heterocycles. The number of ketones is 1. The van der Waals surface area contributed by atoms with E-state index in [0.29, 0.717) is 6.29 Å². The molecule has 0 aromatic heterocycles. The fourth-order valence-corrected chi connectivity index (χ4v) is 3.23. The highest BCUT2D eigenvalue weighted by atomic mass is 16.5. The number of carbonyl (C=O) groups excluding carboxylic acids is 3. The van der Waals surface area contributed by atoms with Gasteiger partial charge in [0.15, 0.2) is 0 Å². The fourth-order valence-electron chi connectivity index (χ4n) is 3.23.